The lowest BCUT2D eigenvalue weighted by molar-refractivity contribution is -0.119. The number of likely N-dealkylation sites (N-methyl/N-ethyl adjacent to an activating group) is 1. The minimum atomic E-state index is -0.467. The lowest BCUT2D eigenvalue weighted by atomic mass is 9.92. The van der Waals surface area contributed by atoms with Crippen LogP contribution in [-0.2, 0) is 11.3 Å². The van der Waals surface area contributed by atoms with Crippen LogP contribution >= 0.6 is 0 Å². The van der Waals surface area contributed by atoms with Gasteiger partial charge in [-0.3, -0.25) is 4.79 Å². The molecule has 1 aliphatic carbocycles. The van der Waals surface area contributed by atoms with Crippen LogP contribution in [0.5, 0.6) is 5.88 Å². The Kier molecular flexibility index (Phi) is 5.81. The van der Waals surface area contributed by atoms with Crippen molar-refractivity contribution in [3.8, 4) is 5.88 Å². The zero-order valence-corrected chi connectivity index (χ0v) is 17.8. The summed E-state index contributed by atoms with van der Waals surface area (Å²) in [6.45, 7) is 2.69. The van der Waals surface area contributed by atoms with Crippen LogP contribution in [0.15, 0.2) is 53.6 Å². The van der Waals surface area contributed by atoms with Crippen molar-refractivity contribution in [2.24, 2.45) is 0 Å². The molecule has 4 rings (SSSR count). The van der Waals surface area contributed by atoms with Crippen LogP contribution in [0.2, 0.25) is 0 Å². The first kappa shape index (κ1) is 20.5. The first-order chi connectivity index (χ1) is 14.5. The lowest BCUT2D eigenvalue weighted by Gasteiger charge is -2.34. The molecule has 7 nitrogen and oxygen atoms in total. The van der Waals surface area contributed by atoms with E-state index < -0.39 is 6.10 Å². The molecule has 3 aliphatic rings. The van der Waals surface area contributed by atoms with Crippen molar-refractivity contribution in [2.45, 2.75) is 57.3 Å². The van der Waals surface area contributed by atoms with E-state index in [0.29, 0.717) is 18.0 Å². The van der Waals surface area contributed by atoms with E-state index in [2.05, 4.69) is 33.1 Å². The van der Waals surface area contributed by atoms with Crippen LogP contribution in [0.25, 0.3) is 0 Å². The summed E-state index contributed by atoms with van der Waals surface area (Å²) in [7, 11) is 3.59. The van der Waals surface area contributed by atoms with Crippen LogP contribution in [0.4, 0.5) is 0 Å². The van der Waals surface area contributed by atoms with Gasteiger partial charge >= 0.3 is 0 Å². The average Bonchev–Trinajstić information content (AvgIpc) is 3.13. The molecule has 0 bridgehead atoms. The molecule has 7 heteroatoms. The number of allylic oxidation sites excluding steroid dienone is 2. The molecule has 30 heavy (non-hydrogen) atoms. The summed E-state index contributed by atoms with van der Waals surface area (Å²) < 4.78 is 5.25. The Hall–Kier alpha value is -2.80. The molecule has 160 valence electrons. The maximum absolute atomic E-state index is 13.2. The van der Waals surface area contributed by atoms with Gasteiger partial charge in [-0.2, -0.15) is 0 Å². The highest BCUT2D eigenvalue weighted by Gasteiger charge is 2.39. The van der Waals surface area contributed by atoms with Crippen molar-refractivity contribution >= 4 is 5.91 Å². The van der Waals surface area contributed by atoms with Gasteiger partial charge in [0.05, 0.1) is 24.8 Å². The van der Waals surface area contributed by atoms with E-state index in [1.807, 2.05) is 31.6 Å². The van der Waals surface area contributed by atoms with E-state index in [9.17, 15) is 9.90 Å². The van der Waals surface area contributed by atoms with E-state index in [1.165, 1.54) is 0 Å². The third kappa shape index (κ3) is 3.94. The van der Waals surface area contributed by atoms with E-state index in [1.54, 1.807) is 13.3 Å². The molecule has 1 fully saturated rings. The van der Waals surface area contributed by atoms with Crippen LogP contribution in [0.3, 0.4) is 0 Å². The molecule has 3 atom stereocenters. The number of carbonyl (C=O) groups excluding carboxylic acids is 1. The van der Waals surface area contributed by atoms with Gasteiger partial charge in [0.2, 0.25) is 5.88 Å². The van der Waals surface area contributed by atoms with Gasteiger partial charge in [0, 0.05) is 44.0 Å². The number of amides is 1. The number of nitrogens with one attached hydrogen (secondary N) is 1. The number of nitrogens with zero attached hydrogens (tertiary/aromatic N) is 3. The van der Waals surface area contributed by atoms with Crippen molar-refractivity contribution in [1.82, 2.24) is 20.1 Å². The van der Waals surface area contributed by atoms with Crippen molar-refractivity contribution in [1.29, 1.82) is 0 Å². The van der Waals surface area contributed by atoms with Gasteiger partial charge in [-0.25, -0.2) is 4.98 Å². The maximum atomic E-state index is 13.2. The highest BCUT2D eigenvalue weighted by Crippen LogP contribution is 2.36. The van der Waals surface area contributed by atoms with Crippen LogP contribution in [-0.4, -0.2) is 58.1 Å². The number of methoxy groups -OCH3 is 1. The number of hydrogen-bond donors (Lipinski definition) is 2. The minimum absolute atomic E-state index is 0.104. The Bertz CT molecular complexity index is 907. The lowest BCUT2D eigenvalue weighted by Crippen LogP contribution is -2.47. The smallest absolute Gasteiger partial charge is 0.251 e. The summed E-state index contributed by atoms with van der Waals surface area (Å²) in [4.78, 5) is 21.6. The van der Waals surface area contributed by atoms with E-state index in [0.717, 1.165) is 42.5 Å². The fraction of sp³-hybridized carbons (Fsp3) is 0.478. The predicted molar refractivity (Wildman–Crippen MR) is 114 cm³/mol. The van der Waals surface area contributed by atoms with Crippen LogP contribution in [0, 0.1) is 0 Å². The predicted octanol–water partition coefficient (Wildman–Crippen LogP) is 2.31. The van der Waals surface area contributed by atoms with Gasteiger partial charge in [0.1, 0.15) is 6.04 Å². The number of ether oxygens (including phenoxy) is 1. The largest absolute Gasteiger partial charge is 0.481 e. The molecule has 1 saturated carbocycles. The van der Waals surface area contributed by atoms with Crippen LogP contribution < -0.4 is 10.1 Å². The molecule has 0 aromatic carbocycles. The monoisotopic (exact) mass is 410 g/mol. The molecular formula is C23H30N4O3. The van der Waals surface area contributed by atoms with Gasteiger partial charge in [-0.15, -0.1) is 0 Å². The summed E-state index contributed by atoms with van der Waals surface area (Å²) in [5.41, 5.74) is 4.00. The summed E-state index contributed by atoms with van der Waals surface area (Å²) in [6, 6.07) is 3.56. The Morgan fingerprint density at radius 3 is 2.93 bits per heavy atom. The fourth-order valence-electron chi connectivity index (χ4n) is 4.57. The Labute approximate surface area is 177 Å². The van der Waals surface area contributed by atoms with Crippen molar-refractivity contribution < 1.29 is 14.6 Å². The summed E-state index contributed by atoms with van der Waals surface area (Å²) in [5.74, 6) is 0.469. The number of aromatic nitrogens is 1. The zero-order valence-electron chi connectivity index (χ0n) is 17.8. The van der Waals surface area contributed by atoms with E-state index in [4.69, 9.17) is 4.74 Å². The Morgan fingerprint density at radius 2 is 2.17 bits per heavy atom. The second-order valence-electron chi connectivity index (χ2n) is 8.30. The molecule has 2 aliphatic heterocycles. The number of hydrogen-bond acceptors (Lipinski definition) is 6. The van der Waals surface area contributed by atoms with Crippen molar-refractivity contribution in [3.63, 3.8) is 0 Å². The SMILES string of the molecule is COc1cc(CN2C=C(C(=O)N[C@H]3CCCC[C@@H]3O)C3C2=C(C)C=CN3C)ccn1. The topological polar surface area (TPSA) is 77.9 Å². The normalized spacial score (nSPS) is 25.9. The second-order valence-corrected chi connectivity index (χ2v) is 8.30. The quantitative estimate of drug-likeness (QED) is 0.776. The Balaban J connectivity index is 1.61. The molecular weight excluding hydrogens is 380 g/mol. The number of carbonyl (C=O) groups is 1. The van der Waals surface area contributed by atoms with Crippen LogP contribution in [0.1, 0.15) is 38.2 Å². The molecule has 1 amide bonds. The summed E-state index contributed by atoms with van der Waals surface area (Å²) in [5, 5.41) is 13.4. The second kappa shape index (κ2) is 8.52. The highest BCUT2D eigenvalue weighted by atomic mass is 16.5. The maximum Gasteiger partial charge on any atom is 0.251 e. The van der Waals surface area contributed by atoms with Gasteiger partial charge in [-0.05, 0) is 43.0 Å². The van der Waals surface area contributed by atoms with Gasteiger partial charge < -0.3 is 25.0 Å². The molecule has 0 radical (unpaired) electrons. The first-order valence-electron chi connectivity index (χ1n) is 10.5. The molecule has 1 aromatic heterocycles. The summed E-state index contributed by atoms with van der Waals surface area (Å²) in [6.07, 6.45) is 10.9. The van der Waals surface area contributed by atoms with Crippen molar-refractivity contribution in [2.75, 3.05) is 14.2 Å². The number of pyridine rings is 1. The molecule has 2 N–H and O–H groups in total. The molecule has 0 spiro atoms. The molecule has 0 saturated heterocycles. The van der Waals surface area contributed by atoms with Crippen molar-refractivity contribution in [3.05, 3.63) is 59.2 Å². The molecule has 1 aromatic rings. The third-order valence-electron chi connectivity index (χ3n) is 6.20. The summed E-state index contributed by atoms with van der Waals surface area (Å²) >= 11 is 0. The number of aliphatic hydroxyl groups is 1. The number of rotatable bonds is 5. The third-order valence-corrected chi connectivity index (χ3v) is 6.20. The fourth-order valence-corrected chi connectivity index (χ4v) is 4.57. The number of fused-ring (bicyclic) bond motifs is 1. The van der Waals surface area contributed by atoms with Gasteiger partial charge in [0.25, 0.3) is 5.91 Å². The minimum Gasteiger partial charge on any atom is -0.481 e. The van der Waals surface area contributed by atoms with Gasteiger partial charge in [-0.1, -0.05) is 12.8 Å². The van der Waals surface area contributed by atoms with E-state index in [-0.39, 0.29) is 18.0 Å². The highest BCUT2D eigenvalue weighted by molar-refractivity contribution is 5.96. The van der Waals surface area contributed by atoms with E-state index >= 15 is 0 Å². The molecule has 1 unspecified atom stereocenters. The zero-order chi connectivity index (χ0) is 21.3. The average molecular weight is 411 g/mol. The Morgan fingerprint density at radius 1 is 1.37 bits per heavy atom. The molecule has 3 heterocycles. The van der Waals surface area contributed by atoms with Gasteiger partial charge in [0.15, 0.2) is 0 Å². The standard InChI is InChI=1S/C23H30N4O3/c1-15-9-11-26(2)22-17(23(29)25-18-6-4-5-7-19(18)28)14-27(21(15)22)13-16-8-10-24-20(12-16)30-3/h8-12,14,18-19,22,28H,4-7,13H2,1-3H3,(H,25,29)/t18-,19-,22?/m0/s1. The number of aliphatic hydroxyl groups excluding tert-OH is 1. The first-order valence-corrected chi connectivity index (χ1v) is 10.5.